The Morgan fingerprint density at radius 2 is 2.24 bits per heavy atom. The number of nitrogens with zero attached hydrogens (tertiary/aromatic N) is 2. The topological polar surface area (TPSA) is 61.0 Å². The Labute approximate surface area is 102 Å². The van der Waals surface area contributed by atoms with Crippen molar-refractivity contribution in [2.24, 2.45) is 0 Å². The number of aromatic nitrogens is 2. The number of rotatable bonds is 3. The molecule has 0 radical (unpaired) electrons. The van der Waals surface area contributed by atoms with Crippen LogP contribution in [0.3, 0.4) is 0 Å². The number of piperidine rings is 1. The van der Waals surface area contributed by atoms with Crippen molar-refractivity contribution in [3.05, 3.63) is 17.5 Å². The van der Waals surface area contributed by atoms with Crippen LogP contribution in [0.15, 0.2) is 6.07 Å². The molecule has 0 atom stereocenters. The summed E-state index contributed by atoms with van der Waals surface area (Å²) in [6, 6.07) is 2.19. The monoisotopic (exact) mass is 236 g/mol. The highest BCUT2D eigenvalue weighted by atomic mass is 16.2. The minimum absolute atomic E-state index is 0.0212. The Hall–Kier alpha value is -1.36. The number of aromatic amines is 1. The van der Waals surface area contributed by atoms with Gasteiger partial charge in [-0.15, -0.1) is 0 Å². The van der Waals surface area contributed by atoms with Gasteiger partial charge in [-0.05, 0) is 38.4 Å². The molecule has 2 heterocycles. The predicted molar refractivity (Wildman–Crippen MR) is 66.0 cm³/mol. The molecule has 1 aliphatic heterocycles. The van der Waals surface area contributed by atoms with Gasteiger partial charge < -0.3 is 10.2 Å². The van der Waals surface area contributed by atoms with E-state index in [4.69, 9.17) is 0 Å². The van der Waals surface area contributed by atoms with Gasteiger partial charge in [-0.2, -0.15) is 5.10 Å². The fourth-order valence-electron chi connectivity index (χ4n) is 2.19. The van der Waals surface area contributed by atoms with Gasteiger partial charge in [0.1, 0.15) is 5.69 Å². The molecule has 1 aromatic rings. The lowest BCUT2D eigenvalue weighted by molar-refractivity contribution is 0.0697. The molecule has 1 amide bonds. The third-order valence-corrected chi connectivity index (χ3v) is 3.41. The van der Waals surface area contributed by atoms with Gasteiger partial charge in [0, 0.05) is 18.8 Å². The zero-order chi connectivity index (χ0) is 12.3. The molecule has 0 aliphatic carbocycles. The molecule has 0 saturated carbocycles. The number of carbonyl (C=O) groups is 1. The molecule has 17 heavy (non-hydrogen) atoms. The maximum atomic E-state index is 12.2. The van der Waals surface area contributed by atoms with Crippen LogP contribution in [-0.4, -0.2) is 47.2 Å². The van der Waals surface area contributed by atoms with Gasteiger partial charge >= 0.3 is 0 Å². The summed E-state index contributed by atoms with van der Waals surface area (Å²) in [5.41, 5.74) is 1.54. The Bertz CT molecular complexity index is 382. The Kier molecular flexibility index (Phi) is 3.78. The number of amides is 1. The van der Waals surface area contributed by atoms with E-state index < -0.39 is 0 Å². The third kappa shape index (κ3) is 2.66. The first kappa shape index (κ1) is 12.1. The summed E-state index contributed by atoms with van der Waals surface area (Å²) in [5, 5.41) is 10.3. The average Bonchev–Trinajstić information content (AvgIpc) is 2.87. The summed E-state index contributed by atoms with van der Waals surface area (Å²) in [4.78, 5) is 14.0. The van der Waals surface area contributed by atoms with Gasteiger partial charge in [0.05, 0.1) is 0 Å². The largest absolute Gasteiger partial charge is 0.337 e. The number of carbonyl (C=O) groups excluding carboxylic acids is 1. The SMILES string of the molecule is CCc1cc(C(=O)N(C)C2CCNCC2)n[nH]1. The summed E-state index contributed by atoms with van der Waals surface area (Å²) in [5.74, 6) is 0.0212. The van der Waals surface area contributed by atoms with Crippen LogP contribution in [0.25, 0.3) is 0 Å². The summed E-state index contributed by atoms with van der Waals surface area (Å²) < 4.78 is 0. The molecule has 0 unspecified atom stereocenters. The second-order valence-electron chi connectivity index (χ2n) is 4.53. The molecule has 2 rings (SSSR count). The van der Waals surface area contributed by atoms with Crippen molar-refractivity contribution in [1.82, 2.24) is 20.4 Å². The van der Waals surface area contributed by atoms with Crippen LogP contribution in [0.5, 0.6) is 0 Å². The molecular weight excluding hydrogens is 216 g/mol. The van der Waals surface area contributed by atoms with Crippen LogP contribution >= 0.6 is 0 Å². The summed E-state index contributed by atoms with van der Waals surface area (Å²) >= 11 is 0. The van der Waals surface area contributed by atoms with Gasteiger partial charge in [-0.25, -0.2) is 0 Å². The minimum Gasteiger partial charge on any atom is -0.337 e. The second-order valence-corrected chi connectivity index (χ2v) is 4.53. The first-order valence-electron chi connectivity index (χ1n) is 6.24. The number of aryl methyl sites for hydroxylation is 1. The molecular formula is C12H20N4O. The fourth-order valence-corrected chi connectivity index (χ4v) is 2.19. The molecule has 1 fully saturated rings. The van der Waals surface area contributed by atoms with Crippen molar-refractivity contribution < 1.29 is 4.79 Å². The van der Waals surface area contributed by atoms with Crippen LogP contribution in [-0.2, 0) is 6.42 Å². The Balaban J connectivity index is 2.02. The van der Waals surface area contributed by atoms with Crippen molar-refractivity contribution >= 4 is 5.91 Å². The van der Waals surface area contributed by atoms with Crippen molar-refractivity contribution in [2.45, 2.75) is 32.2 Å². The summed E-state index contributed by atoms with van der Waals surface area (Å²) in [6.07, 6.45) is 2.91. The normalized spacial score (nSPS) is 17.1. The van der Waals surface area contributed by atoms with E-state index in [1.54, 1.807) is 0 Å². The summed E-state index contributed by atoms with van der Waals surface area (Å²) in [6.45, 7) is 4.02. The molecule has 0 aromatic carbocycles. The fraction of sp³-hybridized carbons (Fsp3) is 0.667. The van der Waals surface area contributed by atoms with E-state index in [-0.39, 0.29) is 5.91 Å². The third-order valence-electron chi connectivity index (χ3n) is 3.41. The maximum absolute atomic E-state index is 12.2. The van der Waals surface area contributed by atoms with E-state index >= 15 is 0 Å². The van der Waals surface area contributed by atoms with Gasteiger partial charge in [-0.3, -0.25) is 9.89 Å². The van der Waals surface area contributed by atoms with E-state index in [9.17, 15) is 4.79 Å². The quantitative estimate of drug-likeness (QED) is 0.816. The number of hydrogen-bond acceptors (Lipinski definition) is 3. The number of nitrogens with one attached hydrogen (secondary N) is 2. The zero-order valence-corrected chi connectivity index (χ0v) is 10.5. The molecule has 1 aliphatic rings. The van der Waals surface area contributed by atoms with Crippen LogP contribution in [0.2, 0.25) is 0 Å². The standard InChI is InChI=1S/C12H20N4O/c1-3-9-8-11(15-14-9)12(17)16(2)10-4-6-13-7-5-10/h8,10,13H,3-7H2,1-2H3,(H,14,15). The predicted octanol–water partition coefficient (Wildman–Crippen LogP) is 0.796. The second kappa shape index (κ2) is 5.31. The maximum Gasteiger partial charge on any atom is 0.274 e. The van der Waals surface area contributed by atoms with Crippen LogP contribution in [0.1, 0.15) is 35.9 Å². The Morgan fingerprint density at radius 3 is 2.82 bits per heavy atom. The lowest BCUT2D eigenvalue weighted by atomic mass is 10.1. The van der Waals surface area contributed by atoms with Crippen molar-refractivity contribution in [3.63, 3.8) is 0 Å². The number of hydrogen-bond donors (Lipinski definition) is 2. The molecule has 2 N–H and O–H groups in total. The molecule has 1 saturated heterocycles. The molecule has 0 spiro atoms. The highest BCUT2D eigenvalue weighted by Crippen LogP contribution is 2.13. The van der Waals surface area contributed by atoms with Crippen molar-refractivity contribution in [3.8, 4) is 0 Å². The van der Waals surface area contributed by atoms with Gasteiger partial charge in [0.25, 0.3) is 5.91 Å². The molecule has 5 heteroatoms. The van der Waals surface area contributed by atoms with Crippen LogP contribution < -0.4 is 5.32 Å². The Morgan fingerprint density at radius 1 is 1.53 bits per heavy atom. The molecule has 5 nitrogen and oxygen atoms in total. The van der Waals surface area contributed by atoms with Gasteiger partial charge in [0.15, 0.2) is 0 Å². The van der Waals surface area contributed by atoms with E-state index in [1.807, 2.05) is 24.9 Å². The molecule has 94 valence electrons. The van der Waals surface area contributed by atoms with Gasteiger partial charge in [0.2, 0.25) is 0 Å². The minimum atomic E-state index is 0.0212. The highest BCUT2D eigenvalue weighted by molar-refractivity contribution is 5.92. The average molecular weight is 236 g/mol. The first-order chi connectivity index (χ1) is 8.22. The van der Waals surface area contributed by atoms with E-state index in [0.717, 1.165) is 38.0 Å². The number of H-pyrrole nitrogens is 1. The summed E-state index contributed by atoms with van der Waals surface area (Å²) in [7, 11) is 1.87. The van der Waals surface area contributed by atoms with Crippen molar-refractivity contribution in [2.75, 3.05) is 20.1 Å². The zero-order valence-electron chi connectivity index (χ0n) is 10.5. The van der Waals surface area contributed by atoms with E-state index in [1.165, 1.54) is 0 Å². The highest BCUT2D eigenvalue weighted by Gasteiger charge is 2.24. The smallest absolute Gasteiger partial charge is 0.274 e. The first-order valence-corrected chi connectivity index (χ1v) is 6.24. The lowest BCUT2D eigenvalue weighted by Crippen LogP contribution is -2.44. The van der Waals surface area contributed by atoms with Crippen molar-refractivity contribution in [1.29, 1.82) is 0 Å². The molecule has 1 aromatic heterocycles. The lowest BCUT2D eigenvalue weighted by Gasteiger charge is -2.31. The van der Waals surface area contributed by atoms with Crippen LogP contribution in [0, 0.1) is 0 Å². The van der Waals surface area contributed by atoms with E-state index in [2.05, 4.69) is 15.5 Å². The van der Waals surface area contributed by atoms with Gasteiger partial charge in [-0.1, -0.05) is 6.92 Å². The van der Waals surface area contributed by atoms with E-state index in [0.29, 0.717) is 11.7 Å². The van der Waals surface area contributed by atoms with Crippen LogP contribution in [0.4, 0.5) is 0 Å². The molecule has 0 bridgehead atoms.